The maximum atomic E-state index is 11.6. The predicted molar refractivity (Wildman–Crippen MR) is 44.9 cm³/mol. The number of carbonyl (C=O) groups excluding carboxylic acids is 1. The van der Waals surface area contributed by atoms with E-state index in [0.29, 0.717) is 19.3 Å². The molecule has 7 heteroatoms. The molecule has 0 fully saturated rings. The number of hydrogen-bond acceptors (Lipinski definition) is 3. The number of halogens is 3. The van der Waals surface area contributed by atoms with E-state index in [1.807, 2.05) is 6.07 Å². The van der Waals surface area contributed by atoms with Crippen LogP contribution in [0.4, 0.5) is 18.0 Å². The summed E-state index contributed by atoms with van der Waals surface area (Å²) < 4.78 is 38.6. The number of amides is 1. The summed E-state index contributed by atoms with van der Waals surface area (Å²) in [7, 11) is 0. The molecule has 0 saturated carbocycles. The van der Waals surface area contributed by atoms with E-state index in [4.69, 9.17) is 5.26 Å². The Hall–Kier alpha value is -1.45. The first-order valence-electron chi connectivity index (χ1n) is 4.30. The monoisotopic (exact) mass is 224 g/mol. The number of nitriles is 1. The van der Waals surface area contributed by atoms with Gasteiger partial charge in [0.25, 0.3) is 0 Å². The van der Waals surface area contributed by atoms with Crippen LogP contribution in [0.5, 0.6) is 0 Å². The lowest BCUT2D eigenvalue weighted by molar-refractivity contribution is -0.160. The molecule has 0 unspecified atom stereocenters. The molecule has 0 aromatic rings. The van der Waals surface area contributed by atoms with Crippen molar-refractivity contribution in [3.05, 3.63) is 0 Å². The molecule has 0 atom stereocenters. The van der Waals surface area contributed by atoms with Crippen LogP contribution in [-0.4, -0.2) is 25.4 Å². The van der Waals surface area contributed by atoms with Gasteiger partial charge in [-0.15, -0.1) is 0 Å². The van der Waals surface area contributed by atoms with E-state index in [2.05, 4.69) is 10.1 Å². The summed E-state index contributed by atoms with van der Waals surface area (Å²) in [6.07, 6.45) is -4.11. The first kappa shape index (κ1) is 13.5. The molecule has 0 aromatic heterocycles. The first-order chi connectivity index (χ1) is 6.95. The number of nitrogens with one attached hydrogen (secondary N) is 1. The van der Waals surface area contributed by atoms with Gasteiger partial charge in [-0.2, -0.15) is 18.4 Å². The molecule has 4 nitrogen and oxygen atoms in total. The topological polar surface area (TPSA) is 62.1 Å². The lowest BCUT2D eigenvalue weighted by Crippen LogP contribution is -2.29. The molecule has 0 spiro atoms. The predicted octanol–water partition coefficient (Wildman–Crippen LogP) is 1.97. The number of unbranched alkanes of at least 4 members (excludes halogenated alkanes) is 2. The van der Waals surface area contributed by atoms with Gasteiger partial charge in [0.2, 0.25) is 0 Å². The zero-order valence-electron chi connectivity index (χ0n) is 7.93. The lowest BCUT2D eigenvalue weighted by atomic mass is 10.2. The second-order valence-electron chi connectivity index (χ2n) is 2.73. The molecule has 1 amide bonds. The van der Waals surface area contributed by atoms with Crippen molar-refractivity contribution in [2.75, 3.05) is 13.2 Å². The maximum absolute atomic E-state index is 11.6. The van der Waals surface area contributed by atoms with Gasteiger partial charge in [0, 0.05) is 13.0 Å². The smallest absolute Gasteiger partial charge is 0.422 e. The Morgan fingerprint density at radius 3 is 2.60 bits per heavy atom. The van der Waals surface area contributed by atoms with Gasteiger partial charge in [0.05, 0.1) is 6.07 Å². The minimum atomic E-state index is -4.50. The van der Waals surface area contributed by atoms with Crippen LogP contribution in [0.3, 0.4) is 0 Å². The van der Waals surface area contributed by atoms with E-state index >= 15 is 0 Å². The molecular weight excluding hydrogens is 213 g/mol. The molecule has 0 heterocycles. The third-order valence-corrected chi connectivity index (χ3v) is 1.35. The van der Waals surface area contributed by atoms with Crippen molar-refractivity contribution in [2.45, 2.75) is 25.4 Å². The maximum Gasteiger partial charge on any atom is 0.422 e. The van der Waals surface area contributed by atoms with Gasteiger partial charge in [-0.05, 0) is 12.8 Å². The summed E-state index contributed by atoms with van der Waals surface area (Å²) >= 11 is 0. The van der Waals surface area contributed by atoms with Gasteiger partial charge in [0.15, 0.2) is 6.61 Å². The largest absolute Gasteiger partial charge is 0.440 e. The van der Waals surface area contributed by atoms with Gasteiger partial charge < -0.3 is 10.1 Å². The third-order valence-electron chi connectivity index (χ3n) is 1.35. The van der Waals surface area contributed by atoms with Crippen LogP contribution in [0, 0.1) is 11.3 Å². The van der Waals surface area contributed by atoms with Crippen LogP contribution in [0.15, 0.2) is 0 Å². The Balaban J connectivity index is 3.39. The summed E-state index contributed by atoms with van der Waals surface area (Å²) in [5.74, 6) is 0. The zero-order chi connectivity index (χ0) is 11.7. The summed E-state index contributed by atoms with van der Waals surface area (Å²) in [6.45, 7) is -1.38. The van der Waals surface area contributed by atoms with Crippen molar-refractivity contribution in [3.8, 4) is 6.07 Å². The number of ether oxygens (including phenoxy) is 1. The molecule has 15 heavy (non-hydrogen) atoms. The highest BCUT2D eigenvalue weighted by Crippen LogP contribution is 2.14. The van der Waals surface area contributed by atoms with Crippen molar-refractivity contribution in [2.24, 2.45) is 0 Å². The molecule has 0 aromatic carbocycles. The van der Waals surface area contributed by atoms with Crippen molar-refractivity contribution in [1.29, 1.82) is 5.26 Å². The van der Waals surface area contributed by atoms with E-state index in [1.54, 1.807) is 0 Å². The fraction of sp³-hybridized carbons (Fsp3) is 0.750. The van der Waals surface area contributed by atoms with Crippen LogP contribution < -0.4 is 5.32 Å². The molecule has 0 aliphatic carbocycles. The second-order valence-corrected chi connectivity index (χ2v) is 2.73. The van der Waals surface area contributed by atoms with E-state index in [9.17, 15) is 18.0 Å². The van der Waals surface area contributed by atoms with Crippen LogP contribution in [-0.2, 0) is 4.74 Å². The highest BCUT2D eigenvalue weighted by Gasteiger charge is 2.29. The van der Waals surface area contributed by atoms with Crippen LogP contribution >= 0.6 is 0 Å². The quantitative estimate of drug-likeness (QED) is 0.726. The molecule has 0 saturated heterocycles. The van der Waals surface area contributed by atoms with Crippen LogP contribution in [0.25, 0.3) is 0 Å². The highest BCUT2D eigenvalue weighted by molar-refractivity contribution is 5.67. The third kappa shape index (κ3) is 10.5. The number of carbonyl (C=O) groups is 1. The van der Waals surface area contributed by atoms with E-state index < -0.39 is 18.9 Å². The van der Waals surface area contributed by atoms with E-state index in [-0.39, 0.29) is 6.54 Å². The lowest BCUT2D eigenvalue weighted by Gasteiger charge is -2.08. The van der Waals surface area contributed by atoms with Crippen molar-refractivity contribution < 1.29 is 22.7 Å². The summed E-state index contributed by atoms with van der Waals surface area (Å²) in [5, 5.41) is 10.3. The Labute approximate surface area is 85.0 Å². The minimum absolute atomic E-state index is 0.207. The SMILES string of the molecule is N#CCCCCNC(=O)OCC(F)(F)F. The number of hydrogen-bond donors (Lipinski definition) is 1. The average Bonchev–Trinajstić information content (AvgIpc) is 2.13. The van der Waals surface area contributed by atoms with Crippen molar-refractivity contribution in [3.63, 3.8) is 0 Å². The van der Waals surface area contributed by atoms with Crippen LogP contribution in [0.2, 0.25) is 0 Å². The van der Waals surface area contributed by atoms with E-state index in [1.165, 1.54) is 0 Å². The molecule has 0 aliphatic rings. The average molecular weight is 224 g/mol. The zero-order valence-corrected chi connectivity index (χ0v) is 7.93. The van der Waals surface area contributed by atoms with Gasteiger partial charge >= 0.3 is 12.3 Å². The Kier molecular flexibility index (Phi) is 6.25. The standard InChI is InChI=1S/C8H11F3N2O2/c9-8(10,11)6-15-7(14)13-5-3-1-2-4-12/h1-3,5-6H2,(H,13,14). The fourth-order valence-electron chi connectivity index (χ4n) is 0.718. The van der Waals surface area contributed by atoms with Crippen LogP contribution in [0.1, 0.15) is 19.3 Å². The number of rotatable bonds is 5. The van der Waals surface area contributed by atoms with E-state index in [0.717, 1.165) is 0 Å². The molecular formula is C8H11F3N2O2. The van der Waals surface area contributed by atoms with Gasteiger partial charge in [-0.25, -0.2) is 4.79 Å². The highest BCUT2D eigenvalue weighted by atomic mass is 19.4. The molecule has 0 radical (unpaired) electrons. The molecule has 0 aliphatic heterocycles. The minimum Gasteiger partial charge on any atom is -0.440 e. The second kappa shape index (κ2) is 6.92. The van der Waals surface area contributed by atoms with Crippen molar-refractivity contribution >= 4 is 6.09 Å². The molecule has 0 rings (SSSR count). The molecule has 86 valence electrons. The first-order valence-corrected chi connectivity index (χ1v) is 4.30. The fourth-order valence-corrected chi connectivity index (χ4v) is 0.718. The summed E-state index contributed by atoms with van der Waals surface area (Å²) in [6, 6.07) is 1.91. The normalized spacial score (nSPS) is 10.5. The molecule has 0 bridgehead atoms. The summed E-state index contributed by atoms with van der Waals surface area (Å²) in [4.78, 5) is 10.6. The summed E-state index contributed by atoms with van der Waals surface area (Å²) in [5.41, 5.74) is 0. The Bertz CT molecular complexity index is 235. The Morgan fingerprint density at radius 2 is 2.07 bits per heavy atom. The van der Waals surface area contributed by atoms with Gasteiger partial charge in [-0.1, -0.05) is 0 Å². The van der Waals surface area contributed by atoms with Gasteiger partial charge in [-0.3, -0.25) is 0 Å². The Morgan fingerprint density at radius 1 is 1.40 bits per heavy atom. The van der Waals surface area contributed by atoms with Crippen molar-refractivity contribution in [1.82, 2.24) is 5.32 Å². The molecule has 1 N–H and O–H groups in total. The number of alkyl halides is 3. The number of nitrogens with zero attached hydrogens (tertiary/aromatic N) is 1. The number of alkyl carbamates (subject to hydrolysis) is 1. The van der Waals surface area contributed by atoms with Gasteiger partial charge in [0.1, 0.15) is 0 Å².